The number of rotatable bonds is 3. The van der Waals surface area contributed by atoms with E-state index < -0.39 is 10.0 Å². The molecule has 3 fully saturated rings. The van der Waals surface area contributed by atoms with Crippen molar-refractivity contribution in [2.24, 2.45) is 7.05 Å². The molecule has 0 saturated carbocycles. The van der Waals surface area contributed by atoms with Crippen LogP contribution in [-0.4, -0.2) is 95.8 Å². The van der Waals surface area contributed by atoms with Gasteiger partial charge < -0.3 is 9.30 Å². The number of sulfonamides is 1. The van der Waals surface area contributed by atoms with E-state index in [0.717, 1.165) is 32.8 Å². The molecule has 0 aliphatic carbocycles. The molecule has 134 valence electrons. The lowest BCUT2D eigenvalue weighted by Gasteiger charge is -2.63. The molecule has 9 heteroatoms. The molecule has 1 spiro atoms. The molecule has 3 aliphatic heterocycles. The van der Waals surface area contributed by atoms with Crippen LogP contribution < -0.4 is 0 Å². The number of fused-ring (bicyclic) bond motifs is 2. The van der Waals surface area contributed by atoms with Crippen molar-refractivity contribution < 1.29 is 13.2 Å². The van der Waals surface area contributed by atoms with E-state index in [1.807, 2.05) is 24.1 Å². The SMILES string of the molecule is Cn1cncc1CN1CC2(C1)CN(S(C)(=O)=O)C[C@@H]1COCCN12. The first-order valence-electron chi connectivity index (χ1n) is 8.35. The van der Waals surface area contributed by atoms with Gasteiger partial charge in [0.1, 0.15) is 0 Å². The number of imidazole rings is 1. The van der Waals surface area contributed by atoms with Crippen LogP contribution in [0.1, 0.15) is 5.69 Å². The van der Waals surface area contributed by atoms with Crippen LogP contribution in [-0.2, 0) is 28.4 Å². The Morgan fingerprint density at radius 1 is 1.38 bits per heavy atom. The Hall–Kier alpha value is -1.00. The molecular weight excluding hydrogens is 330 g/mol. The van der Waals surface area contributed by atoms with E-state index in [1.165, 1.54) is 11.9 Å². The summed E-state index contributed by atoms with van der Waals surface area (Å²) < 4.78 is 33.5. The van der Waals surface area contributed by atoms with Crippen molar-refractivity contribution in [1.82, 2.24) is 23.7 Å². The fourth-order valence-corrected chi connectivity index (χ4v) is 5.27. The monoisotopic (exact) mass is 355 g/mol. The van der Waals surface area contributed by atoms with E-state index in [0.29, 0.717) is 19.7 Å². The molecule has 3 aliphatic rings. The normalized spacial score (nSPS) is 28.7. The van der Waals surface area contributed by atoms with Crippen molar-refractivity contribution in [2.75, 3.05) is 52.2 Å². The van der Waals surface area contributed by atoms with Crippen LogP contribution >= 0.6 is 0 Å². The number of likely N-dealkylation sites (tertiary alicyclic amines) is 1. The summed E-state index contributed by atoms with van der Waals surface area (Å²) in [5, 5.41) is 0. The first-order valence-corrected chi connectivity index (χ1v) is 10.2. The van der Waals surface area contributed by atoms with Gasteiger partial charge in [-0.3, -0.25) is 9.80 Å². The van der Waals surface area contributed by atoms with E-state index in [2.05, 4.69) is 14.8 Å². The Labute approximate surface area is 143 Å². The van der Waals surface area contributed by atoms with Crippen molar-refractivity contribution in [3.63, 3.8) is 0 Å². The number of ether oxygens (including phenoxy) is 1. The minimum absolute atomic E-state index is 0.0750. The van der Waals surface area contributed by atoms with Gasteiger partial charge in [-0.2, -0.15) is 4.31 Å². The van der Waals surface area contributed by atoms with E-state index in [-0.39, 0.29) is 11.6 Å². The van der Waals surface area contributed by atoms with Gasteiger partial charge in [-0.1, -0.05) is 0 Å². The summed E-state index contributed by atoms with van der Waals surface area (Å²) in [7, 11) is -1.18. The zero-order valence-electron chi connectivity index (χ0n) is 14.3. The van der Waals surface area contributed by atoms with Crippen LogP contribution in [0.3, 0.4) is 0 Å². The molecule has 0 radical (unpaired) electrons. The minimum Gasteiger partial charge on any atom is -0.378 e. The van der Waals surface area contributed by atoms with E-state index >= 15 is 0 Å². The number of hydrogen-bond donors (Lipinski definition) is 0. The van der Waals surface area contributed by atoms with Crippen LogP contribution in [0.25, 0.3) is 0 Å². The van der Waals surface area contributed by atoms with E-state index in [4.69, 9.17) is 4.74 Å². The molecule has 0 unspecified atom stereocenters. The highest BCUT2D eigenvalue weighted by molar-refractivity contribution is 7.88. The maximum atomic E-state index is 12.1. The van der Waals surface area contributed by atoms with Gasteiger partial charge in [-0.15, -0.1) is 0 Å². The number of morpholine rings is 1. The molecule has 4 rings (SSSR count). The molecule has 4 heterocycles. The zero-order valence-corrected chi connectivity index (χ0v) is 15.1. The smallest absolute Gasteiger partial charge is 0.211 e. The van der Waals surface area contributed by atoms with Gasteiger partial charge in [0.25, 0.3) is 0 Å². The predicted molar refractivity (Wildman–Crippen MR) is 88.9 cm³/mol. The fourth-order valence-electron chi connectivity index (χ4n) is 4.35. The molecular formula is C15H25N5O3S. The topological polar surface area (TPSA) is 70.9 Å². The third kappa shape index (κ3) is 2.78. The first kappa shape index (κ1) is 16.5. The molecule has 3 saturated heterocycles. The Balaban J connectivity index is 1.51. The maximum Gasteiger partial charge on any atom is 0.211 e. The second-order valence-electron chi connectivity index (χ2n) is 7.34. The largest absolute Gasteiger partial charge is 0.378 e. The Morgan fingerprint density at radius 2 is 2.17 bits per heavy atom. The average Bonchev–Trinajstić information content (AvgIpc) is 2.90. The van der Waals surface area contributed by atoms with Crippen molar-refractivity contribution in [2.45, 2.75) is 18.1 Å². The number of aryl methyl sites for hydroxylation is 1. The van der Waals surface area contributed by atoms with Gasteiger partial charge in [0.2, 0.25) is 10.0 Å². The van der Waals surface area contributed by atoms with Crippen LogP contribution in [0.4, 0.5) is 0 Å². The van der Waals surface area contributed by atoms with Crippen molar-refractivity contribution in [3.8, 4) is 0 Å². The molecule has 0 aromatic carbocycles. The highest BCUT2D eigenvalue weighted by Crippen LogP contribution is 2.36. The molecule has 0 bridgehead atoms. The van der Waals surface area contributed by atoms with Crippen molar-refractivity contribution in [1.29, 1.82) is 0 Å². The highest BCUT2D eigenvalue weighted by atomic mass is 32.2. The van der Waals surface area contributed by atoms with Crippen LogP contribution in [0, 0.1) is 0 Å². The predicted octanol–water partition coefficient (Wildman–Crippen LogP) is -1.05. The summed E-state index contributed by atoms with van der Waals surface area (Å²) in [4.78, 5) is 9.04. The van der Waals surface area contributed by atoms with Gasteiger partial charge in [-0.25, -0.2) is 13.4 Å². The standard InChI is InChI=1S/C15H25N5O3S/c1-17-12-16-5-13(17)6-18-9-15(10-18)11-19(24(2,21)22)7-14-8-23-4-3-20(14)15/h5,12,14H,3-4,6-11H2,1-2H3/t14-/m1/s1. The number of piperazine rings is 1. The van der Waals surface area contributed by atoms with E-state index in [1.54, 1.807) is 4.31 Å². The summed E-state index contributed by atoms with van der Waals surface area (Å²) in [6.07, 6.45) is 5.02. The van der Waals surface area contributed by atoms with Gasteiger partial charge in [0.05, 0.1) is 37.0 Å². The highest BCUT2D eigenvalue weighted by Gasteiger charge is 2.55. The van der Waals surface area contributed by atoms with E-state index in [9.17, 15) is 8.42 Å². The van der Waals surface area contributed by atoms with Crippen molar-refractivity contribution >= 4 is 10.0 Å². The molecule has 8 nitrogen and oxygen atoms in total. The Morgan fingerprint density at radius 3 is 2.83 bits per heavy atom. The quantitative estimate of drug-likeness (QED) is 0.689. The third-order valence-corrected chi connectivity index (χ3v) is 6.75. The van der Waals surface area contributed by atoms with Crippen molar-refractivity contribution in [3.05, 3.63) is 18.2 Å². The molecule has 0 amide bonds. The summed E-state index contributed by atoms with van der Waals surface area (Å²) in [5.74, 6) is 0. The van der Waals surface area contributed by atoms with Gasteiger partial charge in [0, 0.05) is 58.6 Å². The lowest BCUT2D eigenvalue weighted by atomic mass is 9.83. The van der Waals surface area contributed by atoms with Crippen LogP contribution in [0.5, 0.6) is 0 Å². The van der Waals surface area contributed by atoms with Gasteiger partial charge in [-0.05, 0) is 0 Å². The average molecular weight is 355 g/mol. The fraction of sp³-hybridized carbons (Fsp3) is 0.800. The summed E-state index contributed by atoms with van der Waals surface area (Å²) >= 11 is 0. The molecule has 1 aromatic rings. The van der Waals surface area contributed by atoms with Gasteiger partial charge >= 0.3 is 0 Å². The summed E-state index contributed by atoms with van der Waals surface area (Å²) in [6, 6.07) is 0.168. The van der Waals surface area contributed by atoms with Gasteiger partial charge in [0.15, 0.2) is 0 Å². The first-order chi connectivity index (χ1) is 11.4. The lowest BCUT2D eigenvalue weighted by Crippen LogP contribution is -2.80. The molecule has 0 N–H and O–H groups in total. The Kier molecular flexibility index (Phi) is 3.96. The third-order valence-electron chi connectivity index (χ3n) is 5.53. The molecule has 1 atom stereocenters. The second kappa shape index (κ2) is 5.77. The number of hydrogen-bond acceptors (Lipinski definition) is 6. The van der Waals surface area contributed by atoms with Crippen LogP contribution in [0.15, 0.2) is 12.5 Å². The molecule has 24 heavy (non-hydrogen) atoms. The number of aromatic nitrogens is 2. The lowest BCUT2D eigenvalue weighted by molar-refractivity contribution is -0.155. The number of nitrogens with zero attached hydrogens (tertiary/aromatic N) is 5. The minimum atomic E-state index is -3.18. The summed E-state index contributed by atoms with van der Waals surface area (Å²) in [5.41, 5.74) is 1.10. The Bertz CT molecular complexity index is 712. The second-order valence-corrected chi connectivity index (χ2v) is 9.33. The van der Waals surface area contributed by atoms with Crippen LogP contribution in [0.2, 0.25) is 0 Å². The molecule has 1 aromatic heterocycles. The maximum absolute atomic E-state index is 12.1. The summed E-state index contributed by atoms with van der Waals surface area (Å²) in [6.45, 7) is 6.01. The zero-order chi connectivity index (χ0) is 16.9.